The zero-order chi connectivity index (χ0) is 13.1. The molecule has 0 aliphatic carbocycles. The van der Waals surface area contributed by atoms with Crippen molar-refractivity contribution in [2.75, 3.05) is 0 Å². The lowest BCUT2D eigenvalue weighted by Crippen LogP contribution is -2.40. The molecule has 0 spiro atoms. The third-order valence-corrected chi connectivity index (χ3v) is 2.86. The number of aromatic nitrogens is 2. The number of rotatable bonds is 3. The quantitative estimate of drug-likeness (QED) is 0.788. The molecule has 2 aromatic rings. The van der Waals surface area contributed by atoms with Crippen molar-refractivity contribution in [3.05, 3.63) is 69.0 Å². The highest BCUT2D eigenvalue weighted by Gasteiger charge is 2.09. The van der Waals surface area contributed by atoms with E-state index in [2.05, 4.69) is 0 Å². The van der Waals surface area contributed by atoms with Gasteiger partial charge in [0, 0.05) is 32.0 Å². The normalized spacial score (nSPS) is 12.3. The highest BCUT2D eigenvalue weighted by atomic mass is 16.2. The first-order valence-electron chi connectivity index (χ1n) is 5.66. The Bertz CT molecular complexity index is 643. The molecule has 1 aromatic carbocycles. The average molecular weight is 245 g/mol. The highest BCUT2D eigenvalue weighted by molar-refractivity contribution is 5.18. The Labute approximate surface area is 104 Å². The van der Waals surface area contributed by atoms with E-state index in [0.717, 1.165) is 5.56 Å². The average Bonchev–Trinajstić information content (AvgIpc) is 2.40. The second-order valence-electron chi connectivity index (χ2n) is 4.19. The van der Waals surface area contributed by atoms with Crippen molar-refractivity contribution in [3.8, 4) is 0 Å². The summed E-state index contributed by atoms with van der Waals surface area (Å²) in [5.74, 6) is 0. The van der Waals surface area contributed by atoms with Gasteiger partial charge in [-0.05, 0) is 5.56 Å². The van der Waals surface area contributed by atoms with Gasteiger partial charge in [-0.25, -0.2) is 0 Å². The van der Waals surface area contributed by atoms with E-state index in [1.165, 1.54) is 9.13 Å². The van der Waals surface area contributed by atoms with Gasteiger partial charge in [0.25, 0.3) is 0 Å². The van der Waals surface area contributed by atoms with E-state index < -0.39 is 11.1 Å². The van der Waals surface area contributed by atoms with Crippen LogP contribution >= 0.6 is 0 Å². The van der Waals surface area contributed by atoms with E-state index in [9.17, 15) is 9.59 Å². The van der Waals surface area contributed by atoms with Crippen molar-refractivity contribution in [3.63, 3.8) is 0 Å². The molecule has 0 fully saturated rings. The first kappa shape index (κ1) is 12.3. The molecule has 1 unspecified atom stereocenters. The molecule has 1 aromatic heterocycles. The van der Waals surface area contributed by atoms with Gasteiger partial charge in [-0.15, -0.1) is 0 Å². The number of hydrogen-bond donors (Lipinski definition) is 1. The molecule has 1 atom stereocenters. The molecule has 2 rings (SSSR count). The molecule has 0 amide bonds. The van der Waals surface area contributed by atoms with E-state index in [-0.39, 0.29) is 6.04 Å². The van der Waals surface area contributed by atoms with Crippen LogP contribution < -0.4 is 16.9 Å². The summed E-state index contributed by atoms with van der Waals surface area (Å²) >= 11 is 0. The van der Waals surface area contributed by atoms with Crippen LogP contribution in [0.4, 0.5) is 0 Å². The van der Waals surface area contributed by atoms with Crippen LogP contribution in [0.2, 0.25) is 0 Å². The van der Waals surface area contributed by atoms with Gasteiger partial charge in [0.15, 0.2) is 0 Å². The lowest BCUT2D eigenvalue weighted by Gasteiger charge is -2.13. The number of aryl methyl sites for hydroxylation is 1. The van der Waals surface area contributed by atoms with Crippen LogP contribution in [-0.4, -0.2) is 9.13 Å². The topological polar surface area (TPSA) is 70.0 Å². The zero-order valence-electron chi connectivity index (χ0n) is 10.1. The summed E-state index contributed by atoms with van der Waals surface area (Å²) in [6.45, 7) is 0.291. The summed E-state index contributed by atoms with van der Waals surface area (Å²) < 4.78 is 2.60. The Morgan fingerprint density at radius 3 is 2.44 bits per heavy atom. The summed E-state index contributed by atoms with van der Waals surface area (Å²) in [5, 5.41) is 0. The SMILES string of the molecule is Cn1ccn(CC(N)c2ccccc2)c(=O)c1=O. The van der Waals surface area contributed by atoms with Gasteiger partial charge in [-0.2, -0.15) is 0 Å². The first-order valence-corrected chi connectivity index (χ1v) is 5.66. The Kier molecular flexibility index (Phi) is 3.43. The van der Waals surface area contributed by atoms with Crippen molar-refractivity contribution >= 4 is 0 Å². The molecule has 5 nitrogen and oxygen atoms in total. The Morgan fingerprint density at radius 1 is 1.11 bits per heavy atom. The molecular formula is C13H15N3O2. The molecule has 94 valence electrons. The summed E-state index contributed by atoms with van der Waals surface area (Å²) in [7, 11) is 1.55. The van der Waals surface area contributed by atoms with Crippen molar-refractivity contribution in [1.29, 1.82) is 0 Å². The highest BCUT2D eigenvalue weighted by Crippen LogP contribution is 2.10. The van der Waals surface area contributed by atoms with E-state index in [0.29, 0.717) is 6.54 Å². The van der Waals surface area contributed by atoms with E-state index in [1.54, 1.807) is 19.4 Å². The lowest BCUT2D eigenvalue weighted by atomic mass is 10.1. The first-order chi connectivity index (χ1) is 8.59. The molecule has 0 saturated heterocycles. The van der Waals surface area contributed by atoms with Crippen LogP contribution in [0, 0.1) is 0 Å². The van der Waals surface area contributed by atoms with Gasteiger partial charge in [-0.1, -0.05) is 30.3 Å². The largest absolute Gasteiger partial charge is 0.322 e. The summed E-state index contributed by atoms with van der Waals surface area (Å²) in [6.07, 6.45) is 3.13. The molecule has 5 heteroatoms. The second kappa shape index (κ2) is 5.01. The Balaban J connectivity index is 2.28. The molecule has 1 heterocycles. The number of hydrogen-bond acceptors (Lipinski definition) is 3. The maximum atomic E-state index is 11.7. The smallest absolute Gasteiger partial charge is 0.316 e. The maximum absolute atomic E-state index is 11.7. The molecule has 0 bridgehead atoms. The van der Waals surface area contributed by atoms with Crippen molar-refractivity contribution < 1.29 is 0 Å². The molecule has 0 aliphatic rings. The minimum atomic E-state index is -0.550. The minimum Gasteiger partial charge on any atom is -0.322 e. The Hall–Kier alpha value is -2.14. The van der Waals surface area contributed by atoms with Gasteiger partial charge in [0.2, 0.25) is 0 Å². The Morgan fingerprint density at radius 2 is 1.78 bits per heavy atom. The molecule has 18 heavy (non-hydrogen) atoms. The van der Waals surface area contributed by atoms with Crippen LogP contribution in [-0.2, 0) is 13.6 Å². The van der Waals surface area contributed by atoms with Gasteiger partial charge in [0.05, 0.1) is 0 Å². The van der Waals surface area contributed by atoms with Gasteiger partial charge in [-0.3, -0.25) is 9.59 Å². The molecule has 0 saturated carbocycles. The molecule has 2 N–H and O–H groups in total. The summed E-state index contributed by atoms with van der Waals surface area (Å²) in [6, 6.07) is 9.18. The van der Waals surface area contributed by atoms with Gasteiger partial charge in [0.1, 0.15) is 0 Å². The fraction of sp³-hybridized carbons (Fsp3) is 0.231. The molecule has 0 aliphatic heterocycles. The van der Waals surface area contributed by atoms with Crippen LogP contribution in [0.5, 0.6) is 0 Å². The van der Waals surface area contributed by atoms with E-state index in [4.69, 9.17) is 5.73 Å². The third kappa shape index (κ3) is 2.41. The van der Waals surface area contributed by atoms with Crippen LogP contribution in [0.1, 0.15) is 11.6 Å². The monoisotopic (exact) mass is 245 g/mol. The molecular weight excluding hydrogens is 230 g/mol. The van der Waals surface area contributed by atoms with Crippen LogP contribution in [0.15, 0.2) is 52.3 Å². The molecule has 0 radical (unpaired) electrons. The minimum absolute atomic E-state index is 0.291. The standard InChI is InChI=1S/C13H15N3O2/c1-15-7-8-16(13(18)12(15)17)9-11(14)10-5-3-2-4-6-10/h2-8,11H,9,14H2,1H3. The van der Waals surface area contributed by atoms with Gasteiger partial charge < -0.3 is 14.9 Å². The second-order valence-corrected chi connectivity index (χ2v) is 4.19. The van der Waals surface area contributed by atoms with Gasteiger partial charge >= 0.3 is 11.1 Å². The number of nitrogens with zero attached hydrogens (tertiary/aromatic N) is 2. The zero-order valence-corrected chi connectivity index (χ0v) is 10.1. The van der Waals surface area contributed by atoms with E-state index >= 15 is 0 Å². The predicted octanol–water partition coefficient (Wildman–Crippen LogP) is 0.247. The summed E-state index contributed by atoms with van der Waals surface area (Å²) in [4.78, 5) is 23.2. The maximum Gasteiger partial charge on any atom is 0.316 e. The number of benzene rings is 1. The van der Waals surface area contributed by atoms with Crippen LogP contribution in [0.25, 0.3) is 0 Å². The lowest BCUT2D eigenvalue weighted by molar-refractivity contribution is 0.548. The van der Waals surface area contributed by atoms with Crippen LogP contribution in [0.3, 0.4) is 0 Å². The van der Waals surface area contributed by atoms with Crippen molar-refractivity contribution in [2.45, 2.75) is 12.6 Å². The predicted molar refractivity (Wildman–Crippen MR) is 69.3 cm³/mol. The van der Waals surface area contributed by atoms with Crippen molar-refractivity contribution in [1.82, 2.24) is 9.13 Å². The third-order valence-electron chi connectivity index (χ3n) is 2.86. The summed E-state index contributed by atoms with van der Waals surface area (Å²) in [5.41, 5.74) is 5.86. The number of nitrogens with two attached hydrogens (primary N) is 1. The van der Waals surface area contributed by atoms with E-state index in [1.807, 2.05) is 30.3 Å². The fourth-order valence-corrected chi connectivity index (χ4v) is 1.75. The van der Waals surface area contributed by atoms with Crippen molar-refractivity contribution in [2.24, 2.45) is 12.8 Å². The fourth-order valence-electron chi connectivity index (χ4n) is 1.75.